The third-order valence-electron chi connectivity index (χ3n) is 6.50. The number of anilines is 3. The average Bonchev–Trinajstić information content (AvgIpc) is 2.93. The zero-order chi connectivity index (χ0) is 30.6. The maximum Gasteiger partial charge on any atom is 0.409 e. The Kier molecular flexibility index (Phi) is 8.56. The van der Waals surface area contributed by atoms with E-state index in [4.69, 9.17) is 9.47 Å². The van der Waals surface area contributed by atoms with E-state index in [1.165, 1.54) is 12.0 Å². The molecule has 4 aromatic rings. The lowest BCUT2D eigenvalue weighted by Gasteiger charge is -2.23. The van der Waals surface area contributed by atoms with Crippen LogP contribution in [0.15, 0.2) is 72.8 Å². The number of hydrogen-bond acceptors (Lipinski definition) is 5. The minimum Gasteiger partial charge on any atom is -0.492 e. The number of methoxy groups -OCH3 is 1. The summed E-state index contributed by atoms with van der Waals surface area (Å²) >= 11 is 0. The molecule has 0 unspecified atom stereocenters. The van der Waals surface area contributed by atoms with Gasteiger partial charge in [-0.25, -0.2) is 9.59 Å². The van der Waals surface area contributed by atoms with E-state index in [9.17, 15) is 19.5 Å². The standard InChI is InChI=1S/C32H34N4O6/c1-32(2,3)20-17-25(28(41-6)26(18-20)35-31(39)40)34-30(38)33-24-14-15-27(23-13-8-7-12-22(23)24)42-21-11-9-10-19(16-21)29(37)36(4)5/h7-18,35H,1-6H3,(H,39,40)(H2,33,34,38). The number of carboxylic acid groups (broad SMARTS) is 1. The van der Waals surface area contributed by atoms with Crippen LogP contribution in [-0.4, -0.2) is 49.2 Å². The zero-order valence-electron chi connectivity index (χ0n) is 24.4. The number of rotatable bonds is 7. The summed E-state index contributed by atoms with van der Waals surface area (Å²) in [6.07, 6.45) is -1.25. The zero-order valence-corrected chi connectivity index (χ0v) is 24.4. The van der Waals surface area contributed by atoms with E-state index < -0.39 is 12.1 Å². The highest BCUT2D eigenvalue weighted by molar-refractivity contribution is 6.08. The van der Waals surface area contributed by atoms with Crippen LogP contribution >= 0.6 is 0 Å². The fourth-order valence-corrected chi connectivity index (χ4v) is 4.41. The maximum absolute atomic E-state index is 13.2. The number of nitrogens with zero attached hydrogens (tertiary/aromatic N) is 1. The number of carbonyl (C=O) groups is 3. The highest BCUT2D eigenvalue weighted by atomic mass is 16.5. The molecule has 0 saturated carbocycles. The summed E-state index contributed by atoms with van der Waals surface area (Å²) in [5.74, 6) is 1.10. The van der Waals surface area contributed by atoms with Gasteiger partial charge in [0, 0.05) is 30.4 Å². The van der Waals surface area contributed by atoms with Crippen LogP contribution < -0.4 is 25.4 Å². The van der Waals surface area contributed by atoms with Crippen molar-refractivity contribution in [1.29, 1.82) is 0 Å². The molecular formula is C32H34N4O6. The Morgan fingerprint density at radius 3 is 2.05 bits per heavy atom. The van der Waals surface area contributed by atoms with Crippen molar-refractivity contribution in [2.75, 3.05) is 37.2 Å². The Morgan fingerprint density at radius 2 is 1.43 bits per heavy atom. The van der Waals surface area contributed by atoms with Crippen LogP contribution in [0.1, 0.15) is 36.7 Å². The van der Waals surface area contributed by atoms with E-state index in [1.54, 1.807) is 62.6 Å². The smallest absolute Gasteiger partial charge is 0.409 e. The van der Waals surface area contributed by atoms with Gasteiger partial charge in [-0.15, -0.1) is 0 Å². The molecule has 4 amide bonds. The van der Waals surface area contributed by atoms with E-state index in [0.29, 0.717) is 28.4 Å². The number of benzene rings is 4. The lowest BCUT2D eigenvalue weighted by atomic mass is 9.86. The van der Waals surface area contributed by atoms with Crippen LogP contribution in [0, 0.1) is 0 Å². The van der Waals surface area contributed by atoms with Gasteiger partial charge in [0.15, 0.2) is 5.75 Å². The maximum atomic E-state index is 13.2. The van der Waals surface area contributed by atoms with Crippen molar-refractivity contribution in [2.24, 2.45) is 0 Å². The highest BCUT2D eigenvalue weighted by Crippen LogP contribution is 2.39. The van der Waals surface area contributed by atoms with E-state index in [1.807, 2.05) is 45.0 Å². The van der Waals surface area contributed by atoms with Crippen molar-refractivity contribution >= 4 is 45.9 Å². The molecule has 4 rings (SSSR count). The molecule has 0 bridgehead atoms. The predicted molar refractivity (Wildman–Crippen MR) is 164 cm³/mol. The number of fused-ring (bicyclic) bond motifs is 1. The van der Waals surface area contributed by atoms with Crippen LogP contribution in [0.2, 0.25) is 0 Å². The van der Waals surface area contributed by atoms with E-state index in [-0.39, 0.29) is 22.8 Å². The summed E-state index contributed by atoms with van der Waals surface area (Å²) in [4.78, 5) is 38.6. The fraction of sp³-hybridized carbons (Fsp3) is 0.219. The molecule has 0 aliphatic carbocycles. The molecule has 0 aromatic heterocycles. The second kappa shape index (κ2) is 12.1. The van der Waals surface area contributed by atoms with Crippen LogP contribution in [-0.2, 0) is 5.41 Å². The van der Waals surface area contributed by atoms with Crippen molar-refractivity contribution in [3.63, 3.8) is 0 Å². The largest absolute Gasteiger partial charge is 0.492 e. The van der Waals surface area contributed by atoms with E-state index >= 15 is 0 Å². The highest BCUT2D eigenvalue weighted by Gasteiger charge is 2.22. The van der Waals surface area contributed by atoms with Gasteiger partial charge < -0.3 is 30.1 Å². The Bertz CT molecular complexity index is 1660. The van der Waals surface area contributed by atoms with Crippen LogP contribution in [0.4, 0.5) is 26.7 Å². The van der Waals surface area contributed by atoms with Gasteiger partial charge in [0.25, 0.3) is 5.91 Å². The number of urea groups is 1. The molecule has 4 aromatic carbocycles. The van der Waals surface area contributed by atoms with Crippen molar-refractivity contribution < 1.29 is 29.0 Å². The van der Waals surface area contributed by atoms with Gasteiger partial charge in [-0.1, -0.05) is 51.1 Å². The van der Waals surface area contributed by atoms with Crippen LogP contribution in [0.3, 0.4) is 0 Å². The lowest BCUT2D eigenvalue weighted by Crippen LogP contribution is -2.22. The summed E-state index contributed by atoms with van der Waals surface area (Å²) < 4.78 is 11.6. The number of carbonyl (C=O) groups excluding carboxylic acids is 2. The third-order valence-corrected chi connectivity index (χ3v) is 6.50. The number of nitrogens with one attached hydrogen (secondary N) is 3. The molecular weight excluding hydrogens is 536 g/mol. The topological polar surface area (TPSA) is 129 Å². The number of ether oxygens (including phenoxy) is 2. The first-order chi connectivity index (χ1) is 19.9. The Labute approximate surface area is 244 Å². The molecule has 0 spiro atoms. The molecule has 0 aliphatic rings. The van der Waals surface area contributed by atoms with Gasteiger partial charge >= 0.3 is 12.1 Å². The summed E-state index contributed by atoms with van der Waals surface area (Å²) in [6.45, 7) is 5.94. The Balaban J connectivity index is 1.63. The monoisotopic (exact) mass is 570 g/mol. The van der Waals surface area contributed by atoms with Crippen molar-refractivity contribution in [3.8, 4) is 17.2 Å². The molecule has 10 nitrogen and oxygen atoms in total. The summed E-state index contributed by atoms with van der Waals surface area (Å²) in [7, 11) is 4.78. The van der Waals surface area contributed by atoms with Gasteiger partial charge in [-0.2, -0.15) is 0 Å². The number of hydrogen-bond donors (Lipinski definition) is 4. The lowest BCUT2D eigenvalue weighted by molar-refractivity contribution is 0.0827. The Morgan fingerprint density at radius 1 is 0.786 bits per heavy atom. The minimum absolute atomic E-state index is 0.133. The quantitative estimate of drug-likeness (QED) is 0.184. The fourth-order valence-electron chi connectivity index (χ4n) is 4.41. The van der Waals surface area contributed by atoms with Gasteiger partial charge in [0.1, 0.15) is 11.5 Å². The summed E-state index contributed by atoms with van der Waals surface area (Å²) in [5, 5.41) is 18.9. The van der Waals surface area contributed by atoms with Gasteiger partial charge in [0.2, 0.25) is 0 Å². The Hall–Kier alpha value is -5.25. The molecule has 0 heterocycles. The SMILES string of the molecule is COc1c(NC(=O)O)cc(C(C)(C)C)cc1NC(=O)Nc1ccc(Oc2cccc(C(=O)N(C)C)c2)c2ccccc12. The first-order valence-electron chi connectivity index (χ1n) is 13.2. The predicted octanol–water partition coefficient (Wildman–Crippen LogP) is 7.37. The molecule has 0 aliphatic heterocycles. The molecule has 0 atom stereocenters. The molecule has 0 fully saturated rings. The van der Waals surface area contributed by atoms with Crippen molar-refractivity contribution in [2.45, 2.75) is 26.2 Å². The molecule has 4 N–H and O–H groups in total. The van der Waals surface area contributed by atoms with Crippen molar-refractivity contribution in [3.05, 3.63) is 83.9 Å². The van der Waals surface area contributed by atoms with Gasteiger partial charge in [-0.05, 0) is 53.4 Å². The van der Waals surface area contributed by atoms with Crippen molar-refractivity contribution in [1.82, 2.24) is 4.90 Å². The molecule has 218 valence electrons. The second-order valence-corrected chi connectivity index (χ2v) is 10.9. The first kappa shape index (κ1) is 29.7. The normalized spacial score (nSPS) is 11.0. The summed E-state index contributed by atoms with van der Waals surface area (Å²) in [5.41, 5.74) is 2.02. The average molecular weight is 571 g/mol. The third kappa shape index (κ3) is 6.72. The molecule has 0 radical (unpaired) electrons. The second-order valence-electron chi connectivity index (χ2n) is 10.9. The molecule has 42 heavy (non-hydrogen) atoms. The van der Waals surface area contributed by atoms with Gasteiger partial charge in [0.05, 0.1) is 24.2 Å². The van der Waals surface area contributed by atoms with Crippen LogP contribution in [0.5, 0.6) is 17.2 Å². The number of amides is 4. The van der Waals surface area contributed by atoms with E-state index in [0.717, 1.165) is 16.3 Å². The molecule has 0 saturated heterocycles. The summed E-state index contributed by atoms with van der Waals surface area (Å²) in [6, 6.07) is 20.8. The first-order valence-corrected chi connectivity index (χ1v) is 13.2. The minimum atomic E-state index is -1.25. The van der Waals surface area contributed by atoms with Gasteiger partial charge in [-0.3, -0.25) is 10.1 Å². The van der Waals surface area contributed by atoms with E-state index in [2.05, 4.69) is 16.0 Å². The molecule has 10 heteroatoms. The van der Waals surface area contributed by atoms with Crippen LogP contribution in [0.25, 0.3) is 10.8 Å².